The quantitative estimate of drug-likeness (QED) is 0.322. The van der Waals surface area contributed by atoms with Gasteiger partial charge in [0.2, 0.25) is 5.75 Å². The van der Waals surface area contributed by atoms with Gasteiger partial charge in [0.1, 0.15) is 0 Å². The summed E-state index contributed by atoms with van der Waals surface area (Å²) in [4.78, 5) is 48.8. The maximum atomic E-state index is 12.3. The lowest BCUT2D eigenvalue weighted by molar-refractivity contribution is -0.138. The van der Waals surface area contributed by atoms with E-state index in [0.717, 1.165) is 19.3 Å². The number of ether oxygens (including phenoxy) is 4. The smallest absolute Gasteiger partial charge is 0.338 e. The van der Waals surface area contributed by atoms with Crippen LogP contribution in [0.25, 0.3) is 0 Å². The van der Waals surface area contributed by atoms with E-state index in [1.54, 1.807) is 0 Å². The number of hydrogen-bond acceptors (Lipinski definition) is 8. The SMILES string of the molecule is CCCCC(=O)Oc1cc(C(=O)OC)cc(OC(=O)CCCC)c1OC(=O)CCCC. The highest BCUT2D eigenvalue weighted by Gasteiger charge is 2.24. The predicted molar refractivity (Wildman–Crippen MR) is 113 cm³/mol. The third-order valence-corrected chi connectivity index (χ3v) is 4.31. The van der Waals surface area contributed by atoms with E-state index in [1.807, 2.05) is 20.8 Å². The lowest BCUT2D eigenvalue weighted by Gasteiger charge is -2.16. The number of rotatable bonds is 13. The number of carbonyl (C=O) groups excluding carboxylic acids is 4. The molecule has 8 heteroatoms. The summed E-state index contributed by atoms with van der Waals surface area (Å²) in [5, 5.41) is 0. The van der Waals surface area contributed by atoms with Crippen LogP contribution in [0.3, 0.4) is 0 Å². The molecule has 0 aliphatic heterocycles. The Labute approximate surface area is 183 Å². The molecule has 0 N–H and O–H groups in total. The van der Waals surface area contributed by atoms with Gasteiger partial charge in [0.05, 0.1) is 12.7 Å². The van der Waals surface area contributed by atoms with Gasteiger partial charge < -0.3 is 18.9 Å². The zero-order valence-corrected chi connectivity index (χ0v) is 18.8. The van der Waals surface area contributed by atoms with Crippen LogP contribution in [0.5, 0.6) is 17.2 Å². The molecule has 0 unspecified atom stereocenters. The van der Waals surface area contributed by atoms with Crippen molar-refractivity contribution in [3.8, 4) is 17.2 Å². The van der Waals surface area contributed by atoms with E-state index in [-0.39, 0.29) is 42.1 Å². The van der Waals surface area contributed by atoms with Crippen molar-refractivity contribution in [2.24, 2.45) is 0 Å². The summed E-state index contributed by atoms with van der Waals surface area (Å²) in [6.07, 6.45) is 4.63. The van der Waals surface area contributed by atoms with Gasteiger partial charge in [0.15, 0.2) is 11.5 Å². The van der Waals surface area contributed by atoms with Crippen molar-refractivity contribution in [1.82, 2.24) is 0 Å². The molecule has 0 fully saturated rings. The Morgan fingerprint density at radius 2 is 1.06 bits per heavy atom. The zero-order valence-electron chi connectivity index (χ0n) is 18.8. The van der Waals surface area contributed by atoms with Crippen molar-refractivity contribution in [2.45, 2.75) is 78.6 Å². The molecule has 31 heavy (non-hydrogen) atoms. The number of esters is 4. The molecule has 0 heterocycles. The van der Waals surface area contributed by atoms with Crippen LogP contribution in [-0.4, -0.2) is 31.0 Å². The normalized spacial score (nSPS) is 10.3. The Kier molecular flexibility index (Phi) is 11.9. The fraction of sp³-hybridized carbons (Fsp3) is 0.565. The van der Waals surface area contributed by atoms with E-state index in [4.69, 9.17) is 18.9 Å². The Bertz CT molecular complexity index is 726. The van der Waals surface area contributed by atoms with E-state index in [1.165, 1.54) is 19.2 Å². The monoisotopic (exact) mass is 436 g/mol. The lowest BCUT2D eigenvalue weighted by atomic mass is 10.1. The summed E-state index contributed by atoms with van der Waals surface area (Å²) in [6, 6.07) is 2.48. The third kappa shape index (κ3) is 9.19. The Hall–Kier alpha value is -2.90. The van der Waals surface area contributed by atoms with E-state index in [0.29, 0.717) is 19.3 Å². The van der Waals surface area contributed by atoms with Crippen LogP contribution in [0.4, 0.5) is 0 Å². The average molecular weight is 437 g/mol. The van der Waals surface area contributed by atoms with Crippen LogP contribution in [0.2, 0.25) is 0 Å². The first-order valence-electron chi connectivity index (χ1n) is 10.7. The summed E-state index contributed by atoms with van der Waals surface area (Å²) < 4.78 is 20.9. The Balaban J connectivity index is 3.39. The molecular weight excluding hydrogens is 404 g/mol. The highest BCUT2D eigenvalue weighted by Crippen LogP contribution is 2.40. The van der Waals surface area contributed by atoms with Crippen molar-refractivity contribution in [3.63, 3.8) is 0 Å². The molecule has 0 bridgehead atoms. The molecule has 172 valence electrons. The third-order valence-electron chi connectivity index (χ3n) is 4.31. The Morgan fingerprint density at radius 3 is 1.42 bits per heavy atom. The summed E-state index contributed by atoms with van der Waals surface area (Å²) in [5.74, 6) is -2.95. The molecule has 0 aliphatic carbocycles. The summed E-state index contributed by atoms with van der Waals surface area (Å²) in [5.41, 5.74) is -0.00700. The molecule has 1 rings (SSSR count). The largest absolute Gasteiger partial charge is 0.465 e. The van der Waals surface area contributed by atoms with E-state index in [2.05, 4.69) is 0 Å². The van der Waals surface area contributed by atoms with Crippen LogP contribution >= 0.6 is 0 Å². The van der Waals surface area contributed by atoms with Gasteiger partial charge in [-0.15, -0.1) is 0 Å². The fourth-order valence-corrected chi connectivity index (χ4v) is 2.54. The van der Waals surface area contributed by atoms with E-state index < -0.39 is 23.9 Å². The molecule has 8 nitrogen and oxygen atoms in total. The highest BCUT2D eigenvalue weighted by molar-refractivity contribution is 5.92. The molecule has 1 aromatic rings. The molecule has 0 saturated heterocycles. The molecule has 1 aromatic carbocycles. The minimum absolute atomic E-state index is 0.00700. The van der Waals surface area contributed by atoms with Gasteiger partial charge in [-0.25, -0.2) is 4.79 Å². The van der Waals surface area contributed by atoms with Crippen molar-refractivity contribution in [2.75, 3.05) is 7.11 Å². The molecule has 0 radical (unpaired) electrons. The van der Waals surface area contributed by atoms with Crippen molar-refractivity contribution in [1.29, 1.82) is 0 Å². The van der Waals surface area contributed by atoms with Crippen LogP contribution in [-0.2, 0) is 19.1 Å². The maximum Gasteiger partial charge on any atom is 0.338 e. The van der Waals surface area contributed by atoms with Crippen LogP contribution in [0.1, 0.15) is 88.9 Å². The first kappa shape index (κ1) is 26.1. The molecular formula is C23H32O8. The zero-order chi connectivity index (χ0) is 23.2. The van der Waals surface area contributed by atoms with Crippen molar-refractivity contribution >= 4 is 23.9 Å². The van der Waals surface area contributed by atoms with Crippen LogP contribution < -0.4 is 14.2 Å². The van der Waals surface area contributed by atoms with E-state index in [9.17, 15) is 19.2 Å². The number of methoxy groups -OCH3 is 1. The number of unbranched alkanes of at least 4 members (excludes halogenated alkanes) is 3. The number of hydrogen-bond donors (Lipinski definition) is 0. The first-order valence-corrected chi connectivity index (χ1v) is 10.7. The summed E-state index contributed by atoms with van der Waals surface area (Å²) >= 11 is 0. The summed E-state index contributed by atoms with van der Waals surface area (Å²) in [7, 11) is 1.20. The topological polar surface area (TPSA) is 105 Å². The van der Waals surface area contributed by atoms with Crippen molar-refractivity contribution < 1.29 is 38.1 Å². The lowest BCUT2D eigenvalue weighted by Crippen LogP contribution is -2.16. The molecule has 0 aliphatic rings. The van der Waals surface area contributed by atoms with Gasteiger partial charge in [-0.05, 0) is 31.4 Å². The van der Waals surface area contributed by atoms with Gasteiger partial charge >= 0.3 is 23.9 Å². The number of carbonyl (C=O) groups is 4. The van der Waals surface area contributed by atoms with Gasteiger partial charge in [-0.2, -0.15) is 0 Å². The molecule has 0 saturated carbocycles. The van der Waals surface area contributed by atoms with Gasteiger partial charge in [-0.1, -0.05) is 40.0 Å². The molecule has 0 amide bonds. The molecule has 0 atom stereocenters. The first-order chi connectivity index (χ1) is 14.9. The average Bonchev–Trinajstić information content (AvgIpc) is 2.75. The fourth-order valence-electron chi connectivity index (χ4n) is 2.54. The standard InChI is InChI=1S/C23H32O8/c1-5-8-11-19(24)29-17-14-16(23(27)28-4)15-18(30-20(25)12-9-6-2)22(17)31-21(26)13-10-7-3/h14-15H,5-13H2,1-4H3. The predicted octanol–water partition coefficient (Wildman–Crippen LogP) is 4.76. The van der Waals surface area contributed by atoms with Crippen molar-refractivity contribution in [3.05, 3.63) is 17.7 Å². The minimum Gasteiger partial charge on any atom is -0.465 e. The number of benzene rings is 1. The van der Waals surface area contributed by atoms with Gasteiger partial charge in [0.25, 0.3) is 0 Å². The summed E-state index contributed by atoms with van der Waals surface area (Å²) in [6.45, 7) is 5.79. The second-order valence-electron chi connectivity index (χ2n) is 7.03. The van der Waals surface area contributed by atoms with Crippen LogP contribution in [0.15, 0.2) is 12.1 Å². The van der Waals surface area contributed by atoms with Gasteiger partial charge in [-0.3, -0.25) is 14.4 Å². The molecule has 0 spiro atoms. The second-order valence-corrected chi connectivity index (χ2v) is 7.03. The van der Waals surface area contributed by atoms with E-state index >= 15 is 0 Å². The van der Waals surface area contributed by atoms with Gasteiger partial charge in [0, 0.05) is 19.3 Å². The minimum atomic E-state index is -0.722. The molecule has 0 aromatic heterocycles. The highest BCUT2D eigenvalue weighted by atomic mass is 16.6. The Morgan fingerprint density at radius 1 is 0.677 bits per heavy atom. The second kappa shape index (κ2) is 14.2. The van der Waals surface area contributed by atoms with Crippen LogP contribution in [0, 0.1) is 0 Å². The maximum absolute atomic E-state index is 12.3.